The molecule has 0 bridgehead atoms. The molecule has 9 aromatic carbocycles. The van der Waals surface area contributed by atoms with E-state index in [0.29, 0.717) is 49.0 Å². The fraction of sp³-hybridized carbons (Fsp3) is 0. The molecule has 0 N–H and O–H groups in total. The van der Waals surface area contributed by atoms with Gasteiger partial charge < -0.3 is 0 Å². The van der Waals surface area contributed by atoms with Crippen molar-refractivity contribution in [3.63, 3.8) is 0 Å². The predicted octanol–water partition coefficient (Wildman–Crippen LogP) is -4.43. The molecular weight excluding hydrogens is 680 g/mol. The maximum absolute atomic E-state index is 7.31. The van der Waals surface area contributed by atoms with E-state index in [4.69, 9.17) is 110 Å². The maximum Gasteiger partial charge on any atom is 0.113 e. The Morgan fingerprint density at radius 3 is 1.14 bits per heavy atom. The molecule has 0 heterocycles. The second kappa shape index (κ2) is 13.9. The molecule has 0 amide bonds. The SMILES string of the molecule is [B]c1c([B])c([B])c2c(-c3c4c([B])c([B])c([B])c([B])c4c(-c4cccc5ccccc45)c4c([B])c([B])c([B])c([B])c34)c([B])c([B])c(-c3ccc4ccccc4c3)c2c1[B]. The van der Waals surface area contributed by atoms with E-state index in [1.807, 2.05) is 84.9 Å². The van der Waals surface area contributed by atoms with Crippen molar-refractivity contribution in [3.8, 4) is 33.4 Å². The van der Waals surface area contributed by atoms with Crippen molar-refractivity contribution in [1.82, 2.24) is 0 Å². The smallest absolute Gasteiger partial charge is 0.110 e. The van der Waals surface area contributed by atoms with Gasteiger partial charge in [-0.3, -0.25) is 0 Å². The highest BCUT2D eigenvalue weighted by Gasteiger charge is 2.29. The molecule has 28 radical (unpaired) electrons. The Morgan fingerprint density at radius 2 is 0.621 bits per heavy atom. The number of rotatable bonds is 3. The van der Waals surface area contributed by atoms with Crippen molar-refractivity contribution in [1.29, 1.82) is 0 Å². The lowest BCUT2D eigenvalue weighted by molar-refractivity contribution is 1.72. The van der Waals surface area contributed by atoms with Crippen LogP contribution in [0.5, 0.6) is 0 Å². The standard InChI is InChI=1S/C44H14B14/c45-31-21(18-13-12-15-6-1-2-8-17(15)14-18)24-30(38(52)44(58)39(53)33(24)47)29(32(31)46)23-27-25(34(48)40(54)42(56)36(27)50)22(20-11-5-9-16-7-3-4-10-19(16)20)26-28(23)37(51)43(57)41(55)35(26)49/h1-14H. The Hall–Kier alpha value is -4.81. The molecule has 9 aromatic rings. The van der Waals surface area contributed by atoms with Gasteiger partial charge in [-0.2, -0.15) is 0 Å². The monoisotopic (exact) mass is 696 g/mol. The molecule has 0 saturated carbocycles. The van der Waals surface area contributed by atoms with Crippen LogP contribution in [0.1, 0.15) is 0 Å². The number of fused-ring (bicyclic) bond motifs is 5. The van der Waals surface area contributed by atoms with Gasteiger partial charge in [0.05, 0.1) is 0 Å². The molecule has 14 heteroatoms. The van der Waals surface area contributed by atoms with Crippen molar-refractivity contribution < 1.29 is 0 Å². The average molecular weight is 694 g/mol. The quantitative estimate of drug-likeness (QED) is 0.130. The molecule has 0 aliphatic rings. The molecule has 0 aliphatic heterocycles. The summed E-state index contributed by atoms with van der Waals surface area (Å²) in [7, 11) is 96.8. The molecule has 0 aromatic heterocycles. The third-order valence-electron chi connectivity index (χ3n) is 11.7. The second-order valence-corrected chi connectivity index (χ2v) is 14.6. The Labute approximate surface area is 356 Å². The van der Waals surface area contributed by atoms with Gasteiger partial charge in [0, 0.05) is 0 Å². The van der Waals surface area contributed by atoms with E-state index in [-0.39, 0.29) is 87.6 Å². The lowest BCUT2D eigenvalue weighted by Crippen LogP contribution is -2.50. The zero-order valence-corrected chi connectivity index (χ0v) is 31.2. The minimum absolute atomic E-state index is 0.0179. The van der Waals surface area contributed by atoms with Crippen molar-refractivity contribution in [2.75, 3.05) is 0 Å². The third-order valence-corrected chi connectivity index (χ3v) is 11.7. The van der Waals surface area contributed by atoms with Crippen LogP contribution in [0.15, 0.2) is 84.9 Å². The van der Waals surface area contributed by atoms with Crippen molar-refractivity contribution >= 4 is 240 Å². The van der Waals surface area contributed by atoms with Crippen LogP contribution in [0.2, 0.25) is 0 Å². The topological polar surface area (TPSA) is 0 Å². The van der Waals surface area contributed by atoms with Gasteiger partial charge in [-0.05, 0) is 93.3 Å². The van der Waals surface area contributed by atoms with Gasteiger partial charge in [-0.1, -0.05) is 123 Å². The molecule has 0 spiro atoms. The Kier molecular flexibility index (Phi) is 9.27. The molecule has 0 nitrogen and oxygen atoms in total. The van der Waals surface area contributed by atoms with Crippen LogP contribution in [0.25, 0.3) is 87.2 Å². The maximum atomic E-state index is 7.31. The first kappa shape index (κ1) is 38.7. The van der Waals surface area contributed by atoms with E-state index in [2.05, 4.69) is 0 Å². The fourth-order valence-corrected chi connectivity index (χ4v) is 8.70. The van der Waals surface area contributed by atoms with Crippen LogP contribution in [-0.2, 0) is 0 Å². The van der Waals surface area contributed by atoms with E-state index in [1.165, 1.54) is 0 Å². The first-order valence-electron chi connectivity index (χ1n) is 18.2. The molecule has 0 aliphatic carbocycles. The van der Waals surface area contributed by atoms with E-state index in [9.17, 15) is 0 Å². The Bertz CT molecular complexity index is 3250. The summed E-state index contributed by atoms with van der Waals surface area (Å²) in [4.78, 5) is 0. The molecule has 9 rings (SSSR count). The lowest BCUT2D eigenvalue weighted by Gasteiger charge is -2.32. The second-order valence-electron chi connectivity index (χ2n) is 14.6. The molecule has 0 fully saturated rings. The van der Waals surface area contributed by atoms with Crippen LogP contribution in [0, 0.1) is 0 Å². The van der Waals surface area contributed by atoms with E-state index in [0.717, 1.165) is 27.1 Å². The van der Waals surface area contributed by atoms with Gasteiger partial charge >= 0.3 is 0 Å². The lowest BCUT2D eigenvalue weighted by atomic mass is 9.57. The zero-order valence-electron chi connectivity index (χ0n) is 31.2. The third kappa shape index (κ3) is 5.29. The largest absolute Gasteiger partial charge is 0.113 e. The summed E-state index contributed by atoms with van der Waals surface area (Å²) in [6, 6.07) is 27.4. The van der Waals surface area contributed by atoms with Crippen molar-refractivity contribution in [2.24, 2.45) is 0 Å². The normalized spacial score (nSPS) is 11.7. The molecule has 232 valence electrons. The molecule has 0 atom stereocenters. The molecule has 0 saturated heterocycles. The summed E-state index contributed by atoms with van der Waals surface area (Å²) in [5.41, 5.74) is 3.93. The summed E-state index contributed by atoms with van der Waals surface area (Å²) >= 11 is 0. The Balaban J connectivity index is 1.62. The molecule has 58 heavy (non-hydrogen) atoms. The van der Waals surface area contributed by atoms with Gasteiger partial charge in [-0.15, -0.1) is 32.8 Å². The summed E-state index contributed by atoms with van der Waals surface area (Å²) in [5.74, 6) is 0. The summed E-state index contributed by atoms with van der Waals surface area (Å²) in [5, 5.41) is 5.83. The van der Waals surface area contributed by atoms with Crippen LogP contribution in [-0.4, -0.2) is 110 Å². The average Bonchev–Trinajstić information content (AvgIpc) is 3.24. The van der Waals surface area contributed by atoms with Gasteiger partial charge in [0.1, 0.15) is 110 Å². The highest BCUT2D eigenvalue weighted by Crippen LogP contribution is 2.44. The summed E-state index contributed by atoms with van der Waals surface area (Å²) < 4.78 is 0. The van der Waals surface area contributed by atoms with E-state index < -0.39 is 0 Å². The van der Waals surface area contributed by atoms with E-state index in [1.54, 1.807) is 0 Å². The number of benzene rings is 9. The minimum atomic E-state index is 0.0179. The van der Waals surface area contributed by atoms with Crippen molar-refractivity contribution in [2.45, 2.75) is 0 Å². The first-order valence-corrected chi connectivity index (χ1v) is 18.2. The van der Waals surface area contributed by atoms with Crippen LogP contribution in [0.4, 0.5) is 0 Å². The van der Waals surface area contributed by atoms with Gasteiger partial charge in [0.2, 0.25) is 0 Å². The van der Waals surface area contributed by atoms with Gasteiger partial charge in [0.15, 0.2) is 0 Å². The molecule has 0 unspecified atom stereocenters. The van der Waals surface area contributed by atoms with Crippen LogP contribution in [0.3, 0.4) is 0 Å². The van der Waals surface area contributed by atoms with Crippen LogP contribution >= 0.6 is 0 Å². The number of hydrogen-bond acceptors (Lipinski definition) is 0. The summed E-state index contributed by atoms with van der Waals surface area (Å²) in [6.07, 6.45) is 0. The van der Waals surface area contributed by atoms with Crippen LogP contribution < -0.4 is 76.5 Å². The van der Waals surface area contributed by atoms with Gasteiger partial charge in [-0.25, -0.2) is 0 Å². The highest BCUT2D eigenvalue weighted by atomic mass is 14.3. The van der Waals surface area contributed by atoms with Crippen molar-refractivity contribution in [3.05, 3.63) is 84.9 Å². The fourth-order valence-electron chi connectivity index (χ4n) is 8.70. The number of hydrogen-bond donors (Lipinski definition) is 0. The highest BCUT2D eigenvalue weighted by molar-refractivity contribution is 6.73. The molecular formula is C44H14B14. The van der Waals surface area contributed by atoms with Gasteiger partial charge in [0.25, 0.3) is 0 Å². The predicted molar refractivity (Wildman–Crippen MR) is 266 cm³/mol. The minimum Gasteiger partial charge on any atom is -0.110 e. The Morgan fingerprint density at radius 1 is 0.241 bits per heavy atom. The first-order chi connectivity index (χ1) is 27.7. The zero-order chi connectivity index (χ0) is 41.2. The van der Waals surface area contributed by atoms with E-state index >= 15 is 0 Å². The summed E-state index contributed by atoms with van der Waals surface area (Å²) in [6.45, 7) is 0.